The fourth-order valence-electron chi connectivity index (χ4n) is 4.32. The molecule has 3 rings (SSSR count). The number of carbonyl (C=O) groups is 1. The van der Waals surface area contributed by atoms with Gasteiger partial charge >= 0.3 is 0 Å². The summed E-state index contributed by atoms with van der Waals surface area (Å²) in [5.41, 5.74) is 6.95. The first-order chi connectivity index (χ1) is 10.7. The van der Waals surface area contributed by atoms with Crippen molar-refractivity contribution in [3.05, 3.63) is 35.9 Å². The van der Waals surface area contributed by atoms with Crippen LogP contribution in [0, 0.1) is 0 Å². The van der Waals surface area contributed by atoms with Crippen LogP contribution in [0.3, 0.4) is 0 Å². The van der Waals surface area contributed by atoms with E-state index in [1.807, 2.05) is 0 Å². The number of nitrogens with one attached hydrogen (secondary N) is 2. The zero-order valence-corrected chi connectivity index (χ0v) is 13.4. The lowest BCUT2D eigenvalue weighted by Crippen LogP contribution is -3.25. The average Bonchev–Trinajstić information content (AvgIpc) is 2.57. The van der Waals surface area contributed by atoms with Gasteiger partial charge in [0.15, 0.2) is 5.54 Å². The molecule has 0 bridgehead atoms. The lowest BCUT2D eigenvalue weighted by atomic mass is 9.83. The van der Waals surface area contributed by atoms with Crippen molar-refractivity contribution in [1.82, 2.24) is 0 Å². The quantitative estimate of drug-likeness (QED) is 0.667. The molecule has 22 heavy (non-hydrogen) atoms. The van der Waals surface area contributed by atoms with Crippen LogP contribution in [0.1, 0.15) is 37.7 Å². The molecule has 0 radical (unpaired) electrons. The monoisotopic (exact) mass is 303 g/mol. The Labute approximate surface area is 133 Å². The van der Waals surface area contributed by atoms with Crippen LogP contribution in [-0.2, 0) is 11.3 Å². The molecule has 0 atom stereocenters. The van der Waals surface area contributed by atoms with Crippen LogP contribution in [0.5, 0.6) is 0 Å². The summed E-state index contributed by atoms with van der Waals surface area (Å²) in [6.45, 7) is 5.42. The Morgan fingerprint density at radius 1 is 1.00 bits per heavy atom. The number of carbonyl (C=O) groups excluding carboxylic acids is 1. The number of nitrogens with two attached hydrogens (primary N) is 1. The summed E-state index contributed by atoms with van der Waals surface area (Å²) in [7, 11) is 0. The van der Waals surface area contributed by atoms with Gasteiger partial charge in [-0.1, -0.05) is 30.3 Å². The highest BCUT2D eigenvalue weighted by Gasteiger charge is 2.50. The summed E-state index contributed by atoms with van der Waals surface area (Å²) in [6, 6.07) is 10.7. The van der Waals surface area contributed by atoms with E-state index in [4.69, 9.17) is 5.73 Å². The van der Waals surface area contributed by atoms with Gasteiger partial charge in [0.25, 0.3) is 5.91 Å². The third-order valence-electron chi connectivity index (χ3n) is 5.71. The standard InChI is InChI=1S/C18H27N3O/c19-17(22)18(21-11-5-2-6-12-21)9-13-20(14-10-18)15-16-7-3-1-4-8-16/h1,3-4,7-8H,2,5-6,9-15H2,(H2,19,22)/p+2. The van der Waals surface area contributed by atoms with E-state index in [0.717, 1.165) is 45.6 Å². The molecular formula is C18H29N3O+2. The third kappa shape index (κ3) is 3.18. The number of amides is 1. The Kier molecular flexibility index (Phi) is 4.79. The minimum absolute atomic E-state index is 0.0665. The van der Waals surface area contributed by atoms with Gasteiger partial charge in [0.2, 0.25) is 0 Å². The zero-order chi connectivity index (χ0) is 15.4. The Balaban J connectivity index is 1.63. The van der Waals surface area contributed by atoms with Gasteiger partial charge in [0.1, 0.15) is 6.54 Å². The van der Waals surface area contributed by atoms with Gasteiger partial charge in [-0.2, -0.15) is 0 Å². The SMILES string of the molecule is NC(=O)C1([NH+]2CCCCC2)CC[NH+](Cc2ccccc2)CC1. The summed E-state index contributed by atoms with van der Waals surface area (Å²) < 4.78 is 0. The molecule has 2 heterocycles. The predicted octanol–water partition coefficient (Wildman–Crippen LogP) is -0.842. The van der Waals surface area contributed by atoms with Crippen molar-refractivity contribution < 1.29 is 14.6 Å². The first-order valence-corrected chi connectivity index (χ1v) is 8.73. The average molecular weight is 303 g/mol. The highest BCUT2D eigenvalue weighted by atomic mass is 16.1. The molecule has 0 aromatic heterocycles. The minimum atomic E-state index is -0.291. The molecular weight excluding hydrogens is 274 g/mol. The molecule has 1 aromatic rings. The second kappa shape index (κ2) is 6.80. The van der Waals surface area contributed by atoms with Crippen LogP contribution in [0.2, 0.25) is 0 Å². The van der Waals surface area contributed by atoms with Gasteiger partial charge < -0.3 is 15.5 Å². The van der Waals surface area contributed by atoms with E-state index in [1.165, 1.54) is 29.7 Å². The highest BCUT2D eigenvalue weighted by molar-refractivity contribution is 5.83. The Hall–Kier alpha value is -1.39. The fourth-order valence-corrected chi connectivity index (χ4v) is 4.32. The van der Waals surface area contributed by atoms with E-state index in [9.17, 15) is 4.79 Å². The van der Waals surface area contributed by atoms with Crippen molar-refractivity contribution in [2.24, 2.45) is 5.73 Å². The molecule has 0 saturated carbocycles. The van der Waals surface area contributed by atoms with E-state index >= 15 is 0 Å². The first-order valence-electron chi connectivity index (χ1n) is 8.73. The maximum absolute atomic E-state index is 12.2. The molecule has 0 aliphatic carbocycles. The van der Waals surface area contributed by atoms with E-state index in [2.05, 4.69) is 30.3 Å². The molecule has 4 heteroatoms. The maximum Gasteiger partial charge on any atom is 0.279 e. The van der Waals surface area contributed by atoms with Crippen molar-refractivity contribution in [2.75, 3.05) is 26.2 Å². The molecule has 4 N–H and O–H groups in total. The van der Waals surface area contributed by atoms with Gasteiger partial charge in [-0.3, -0.25) is 4.79 Å². The normalized spacial score (nSPS) is 30.1. The van der Waals surface area contributed by atoms with Gasteiger partial charge in [0.05, 0.1) is 39.0 Å². The van der Waals surface area contributed by atoms with Crippen LogP contribution in [0.4, 0.5) is 0 Å². The number of benzene rings is 1. The number of primary amides is 1. The topological polar surface area (TPSA) is 52.0 Å². The second-order valence-electron chi connectivity index (χ2n) is 7.02. The molecule has 1 aromatic carbocycles. The molecule has 1 amide bonds. The van der Waals surface area contributed by atoms with Crippen molar-refractivity contribution in [3.63, 3.8) is 0 Å². The smallest absolute Gasteiger partial charge is 0.279 e. The van der Waals surface area contributed by atoms with E-state index in [0.29, 0.717) is 0 Å². The predicted molar refractivity (Wildman–Crippen MR) is 86.5 cm³/mol. The molecule has 0 spiro atoms. The number of rotatable bonds is 4. The lowest BCUT2D eigenvalue weighted by Gasteiger charge is -2.43. The fraction of sp³-hybridized carbons (Fsp3) is 0.611. The molecule has 120 valence electrons. The summed E-state index contributed by atoms with van der Waals surface area (Å²) in [4.78, 5) is 15.3. The van der Waals surface area contributed by atoms with Crippen LogP contribution in [0.25, 0.3) is 0 Å². The first kappa shape index (κ1) is 15.5. The number of piperidine rings is 2. The van der Waals surface area contributed by atoms with Gasteiger partial charge in [-0.15, -0.1) is 0 Å². The Morgan fingerprint density at radius 2 is 1.64 bits per heavy atom. The molecule has 2 aliphatic heterocycles. The number of hydrogen-bond donors (Lipinski definition) is 3. The summed E-state index contributed by atoms with van der Waals surface area (Å²) in [5, 5.41) is 0. The zero-order valence-electron chi connectivity index (χ0n) is 13.4. The molecule has 2 aliphatic rings. The van der Waals surface area contributed by atoms with Crippen LogP contribution in [0.15, 0.2) is 30.3 Å². The van der Waals surface area contributed by atoms with Gasteiger partial charge in [0, 0.05) is 5.56 Å². The highest BCUT2D eigenvalue weighted by Crippen LogP contribution is 2.14. The number of likely N-dealkylation sites (tertiary alicyclic amines) is 2. The molecule has 2 saturated heterocycles. The summed E-state index contributed by atoms with van der Waals surface area (Å²) >= 11 is 0. The largest absolute Gasteiger partial charge is 0.364 e. The molecule has 0 unspecified atom stereocenters. The van der Waals surface area contributed by atoms with Crippen LogP contribution < -0.4 is 15.5 Å². The molecule has 4 nitrogen and oxygen atoms in total. The number of quaternary nitrogens is 2. The van der Waals surface area contributed by atoms with Gasteiger partial charge in [-0.25, -0.2) is 0 Å². The van der Waals surface area contributed by atoms with E-state index in [1.54, 1.807) is 4.90 Å². The Bertz CT molecular complexity index is 488. The van der Waals surface area contributed by atoms with E-state index in [-0.39, 0.29) is 11.4 Å². The van der Waals surface area contributed by atoms with Crippen LogP contribution >= 0.6 is 0 Å². The second-order valence-corrected chi connectivity index (χ2v) is 7.02. The molecule has 2 fully saturated rings. The summed E-state index contributed by atoms with van der Waals surface area (Å²) in [6.07, 6.45) is 5.68. The Morgan fingerprint density at radius 3 is 2.23 bits per heavy atom. The number of hydrogen-bond acceptors (Lipinski definition) is 1. The van der Waals surface area contributed by atoms with Crippen molar-refractivity contribution in [1.29, 1.82) is 0 Å². The van der Waals surface area contributed by atoms with E-state index < -0.39 is 0 Å². The van der Waals surface area contributed by atoms with Crippen LogP contribution in [-0.4, -0.2) is 37.6 Å². The van der Waals surface area contributed by atoms with Crippen molar-refractivity contribution in [3.8, 4) is 0 Å². The van der Waals surface area contributed by atoms with Crippen molar-refractivity contribution in [2.45, 2.75) is 44.2 Å². The minimum Gasteiger partial charge on any atom is -0.364 e. The van der Waals surface area contributed by atoms with Gasteiger partial charge in [-0.05, 0) is 19.3 Å². The maximum atomic E-state index is 12.2. The summed E-state index contributed by atoms with van der Waals surface area (Å²) in [5.74, 6) is -0.0665. The lowest BCUT2D eigenvalue weighted by molar-refractivity contribution is -0.978. The van der Waals surface area contributed by atoms with Crippen molar-refractivity contribution >= 4 is 5.91 Å². The third-order valence-corrected chi connectivity index (χ3v) is 5.71.